The Kier molecular flexibility index (Phi) is 4.06. The number of rotatable bonds is 3. The zero-order valence-electron chi connectivity index (χ0n) is 8.18. The fourth-order valence-corrected chi connectivity index (χ4v) is 3.84. The van der Waals surface area contributed by atoms with Crippen LogP contribution < -0.4 is 5.73 Å². The molecule has 0 saturated heterocycles. The van der Waals surface area contributed by atoms with Gasteiger partial charge in [-0.1, -0.05) is 23.1 Å². The minimum absolute atomic E-state index is 0.637. The molecule has 0 saturated carbocycles. The number of anilines is 1. The zero-order chi connectivity index (χ0) is 11.5. The van der Waals surface area contributed by atoms with Crippen molar-refractivity contribution >= 4 is 56.5 Å². The predicted octanol–water partition coefficient (Wildman–Crippen LogP) is 3.15. The van der Waals surface area contributed by atoms with Crippen LogP contribution in [0.1, 0.15) is 0 Å². The fraction of sp³-hybridized carbons (Fsp3) is 0.125. The van der Waals surface area contributed by atoms with Gasteiger partial charge in [0.1, 0.15) is 5.03 Å². The summed E-state index contributed by atoms with van der Waals surface area (Å²) in [7, 11) is 0. The van der Waals surface area contributed by atoms with Gasteiger partial charge in [-0.05, 0) is 40.0 Å². The van der Waals surface area contributed by atoms with Crippen molar-refractivity contribution in [2.45, 2.75) is 13.7 Å². The van der Waals surface area contributed by atoms with Crippen molar-refractivity contribution < 1.29 is 0 Å². The average molecular weight is 335 g/mol. The summed E-state index contributed by atoms with van der Waals surface area (Å²) in [6.45, 7) is 0. The third-order valence-electron chi connectivity index (χ3n) is 1.58. The van der Waals surface area contributed by atoms with Crippen molar-refractivity contribution in [2.75, 3.05) is 12.0 Å². The second-order valence-electron chi connectivity index (χ2n) is 2.70. The summed E-state index contributed by atoms with van der Waals surface area (Å²) in [6.07, 6.45) is 3.61. The third kappa shape index (κ3) is 2.88. The largest absolute Gasteiger partial charge is 0.397 e. The topological polar surface area (TPSA) is 64.7 Å². The highest BCUT2D eigenvalue weighted by molar-refractivity contribution is 9.10. The highest BCUT2D eigenvalue weighted by Gasteiger charge is 2.09. The van der Waals surface area contributed by atoms with Gasteiger partial charge in [0.2, 0.25) is 0 Å². The maximum absolute atomic E-state index is 5.62. The van der Waals surface area contributed by atoms with Crippen molar-refractivity contribution in [3.8, 4) is 0 Å². The molecular formula is C8H7BrN4S3. The Labute approximate surface area is 114 Å². The molecule has 2 aromatic heterocycles. The van der Waals surface area contributed by atoms with Crippen LogP contribution in [-0.2, 0) is 0 Å². The molecule has 2 N–H and O–H groups in total. The maximum atomic E-state index is 5.62. The molecule has 0 fully saturated rings. The van der Waals surface area contributed by atoms with E-state index >= 15 is 0 Å². The first-order valence-electron chi connectivity index (χ1n) is 4.15. The van der Waals surface area contributed by atoms with Gasteiger partial charge < -0.3 is 5.73 Å². The molecular weight excluding hydrogens is 328 g/mol. The Balaban J connectivity index is 2.20. The first-order chi connectivity index (χ1) is 7.69. The van der Waals surface area contributed by atoms with Crippen molar-refractivity contribution in [1.82, 2.24) is 15.2 Å². The second kappa shape index (κ2) is 5.35. The molecule has 2 heterocycles. The molecule has 0 amide bonds. The molecule has 0 aliphatic rings. The van der Waals surface area contributed by atoms with E-state index in [1.54, 1.807) is 29.3 Å². The monoisotopic (exact) mass is 334 g/mol. The Morgan fingerprint density at radius 3 is 2.75 bits per heavy atom. The standard InChI is InChI=1S/C8H7BrN4S3/c1-14-7-12-13-8(16-7)15-6-5(9)2-4(10)3-11-6/h2-3H,10H2,1H3. The van der Waals surface area contributed by atoms with Crippen LogP contribution in [0.5, 0.6) is 0 Å². The molecule has 0 atom stereocenters. The number of pyridine rings is 1. The van der Waals surface area contributed by atoms with Crippen LogP contribution in [0, 0.1) is 0 Å². The number of thioether (sulfide) groups is 1. The van der Waals surface area contributed by atoms with Gasteiger partial charge in [-0.15, -0.1) is 10.2 Å². The molecule has 0 aromatic carbocycles. The van der Waals surface area contributed by atoms with Gasteiger partial charge in [0, 0.05) is 0 Å². The van der Waals surface area contributed by atoms with E-state index in [4.69, 9.17) is 5.73 Å². The number of hydrogen-bond acceptors (Lipinski definition) is 7. The normalized spacial score (nSPS) is 10.6. The van der Waals surface area contributed by atoms with Crippen molar-refractivity contribution in [1.29, 1.82) is 0 Å². The molecule has 0 bridgehead atoms. The summed E-state index contributed by atoms with van der Waals surface area (Å²) in [6, 6.07) is 1.83. The molecule has 0 aliphatic carbocycles. The molecule has 8 heteroatoms. The SMILES string of the molecule is CSc1nnc(Sc2ncc(N)cc2Br)s1. The number of nitrogens with two attached hydrogens (primary N) is 1. The van der Waals surface area contributed by atoms with Gasteiger partial charge in [0.15, 0.2) is 8.68 Å². The molecule has 0 radical (unpaired) electrons. The van der Waals surface area contributed by atoms with Gasteiger partial charge in [-0.25, -0.2) is 4.98 Å². The lowest BCUT2D eigenvalue weighted by atomic mass is 10.4. The van der Waals surface area contributed by atoms with Crippen LogP contribution in [0.25, 0.3) is 0 Å². The van der Waals surface area contributed by atoms with E-state index in [2.05, 4.69) is 31.1 Å². The Morgan fingerprint density at radius 2 is 2.12 bits per heavy atom. The highest BCUT2D eigenvalue weighted by atomic mass is 79.9. The molecule has 16 heavy (non-hydrogen) atoms. The van der Waals surface area contributed by atoms with Crippen molar-refractivity contribution in [2.24, 2.45) is 0 Å². The molecule has 0 aliphatic heterocycles. The van der Waals surface area contributed by atoms with Gasteiger partial charge in [-0.2, -0.15) is 0 Å². The summed E-state index contributed by atoms with van der Waals surface area (Å²) in [5, 5.41) is 8.93. The van der Waals surface area contributed by atoms with Gasteiger partial charge in [0.05, 0.1) is 16.4 Å². The molecule has 2 rings (SSSR count). The van der Waals surface area contributed by atoms with Crippen LogP contribution in [0.4, 0.5) is 5.69 Å². The lowest BCUT2D eigenvalue weighted by Gasteiger charge is -2.00. The van der Waals surface area contributed by atoms with Crippen molar-refractivity contribution in [3.05, 3.63) is 16.7 Å². The maximum Gasteiger partial charge on any atom is 0.181 e. The van der Waals surface area contributed by atoms with E-state index in [0.29, 0.717) is 5.69 Å². The van der Waals surface area contributed by atoms with E-state index in [1.165, 1.54) is 11.8 Å². The van der Waals surface area contributed by atoms with Gasteiger partial charge in [-0.3, -0.25) is 0 Å². The Hall–Kier alpha value is -0.310. The van der Waals surface area contributed by atoms with E-state index in [-0.39, 0.29) is 0 Å². The minimum atomic E-state index is 0.637. The summed E-state index contributed by atoms with van der Waals surface area (Å²) < 4.78 is 2.70. The molecule has 0 spiro atoms. The molecule has 84 valence electrons. The summed E-state index contributed by atoms with van der Waals surface area (Å²) in [5.74, 6) is 0. The minimum Gasteiger partial charge on any atom is -0.397 e. The third-order valence-corrected chi connectivity index (χ3v) is 5.41. The van der Waals surface area contributed by atoms with E-state index in [0.717, 1.165) is 18.2 Å². The summed E-state index contributed by atoms with van der Waals surface area (Å²) in [5.41, 5.74) is 6.25. The average Bonchev–Trinajstić information content (AvgIpc) is 2.70. The number of hydrogen-bond donors (Lipinski definition) is 1. The van der Waals surface area contributed by atoms with Crippen molar-refractivity contribution in [3.63, 3.8) is 0 Å². The van der Waals surface area contributed by atoms with Gasteiger partial charge >= 0.3 is 0 Å². The first-order valence-corrected chi connectivity index (χ1v) is 7.80. The van der Waals surface area contributed by atoms with Crippen LogP contribution in [0.3, 0.4) is 0 Å². The predicted molar refractivity (Wildman–Crippen MR) is 72.2 cm³/mol. The smallest absolute Gasteiger partial charge is 0.181 e. The molecule has 4 nitrogen and oxygen atoms in total. The van der Waals surface area contributed by atoms with E-state index in [1.807, 2.05) is 12.3 Å². The van der Waals surface area contributed by atoms with Crippen LogP contribution in [0.15, 0.2) is 30.4 Å². The summed E-state index contributed by atoms with van der Waals surface area (Å²) >= 11 is 8.03. The van der Waals surface area contributed by atoms with E-state index in [9.17, 15) is 0 Å². The lowest BCUT2D eigenvalue weighted by molar-refractivity contribution is 0.953. The molecule has 0 unspecified atom stereocenters. The number of nitrogen functional groups attached to an aromatic ring is 1. The zero-order valence-corrected chi connectivity index (χ0v) is 12.2. The highest BCUT2D eigenvalue weighted by Crippen LogP contribution is 2.35. The fourth-order valence-electron chi connectivity index (χ4n) is 0.919. The summed E-state index contributed by atoms with van der Waals surface area (Å²) in [4.78, 5) is 4.23. The lowest BCUT2D eigenvalue weighted by Crippen LogP contribution is -1.88. The Morgan fingerprint density at radius 1 is 1.38 bits per heavy atom. The second-order valence-corrected chi connectivity index (χ2v) is 6.82. The number of halogens is 1. The van der Waals surface area contributed by atoms with Crippen LogP contribution in [-0.4, -0.2) is 21.4 Å². The van der Waals surface area contributed by atoms with Gasteiger partial charge in [0.25, 0.3) is 0 Å². The number of aromatic nitrogens is 3. The number of nitrogens with zero attached hydrogens (tertiary/aromatic N) is 3. The molecule has 2 aromatic rings. The van der Waals surface area contributed by atoms with E-state index < -0.39 is 0 Å². The van der Waals surface area contributed by atoms with Crippen LogP contribution in [0.2, 0.25) is 0 Å². The Bertz CT molecular complexity index is 502. The van der Waals surface area contributed by atoms with Crippen LogP contribution >= 0.6 is 50.8 Å². The first kappa shape index (κ1) is 12.2. The quantitative estimate of drug-likeness (QED) is 0.870.